The van der Waals surface area contributed by atoms with Crippen molar-refractivity contribution >= 4 is 38.6 Å². The van der Waals surface area contributed by atoms with Gasteiger partial charge in [0.25, 0.3) is 0 Å². The van der Waals surface area contributed by atoms with Gasteiger partial charge in [-0.3, -0.25) is 0 Å². The van der Waals surface area contributed by atoms with E-state index in [1.807, 2.05) is 0 Å². The van der Waals surface area contributed by atoms with Gasteiger partial charge >= 0.3 is 0 Å². The number of thiazole rings is 1. The third kappa shape index (κ3) is 2.53. The zero-order valence-electron chi connectivity index (χ0n) is 9.07. The molecular weight excluding hydrogens is 306 g/mol. The number of aromatic nitrogens is 1. The summed E-state index contributed by atoms with van der Waals surface area (Å²) < 4.78 is 6.26. The lowest BCUT2D eigenvalue weighted by Gasteiger charge is -2.05. The van der Waals surface area contributed by atoms with Crippen LogP contribution in [0.5, 0.6) is 0 Å². The summed E-state index contributed by atoms with van der Waals surface area (Å²) in [5.41, 5.74) is 1.06. The number of hydrogen-bond donors (Lipinski definition) is 0. The Hall–Kier alpha value is -0.230. The molecule has 0 aliphatic rings. The first kappa shape index (κ1) is 12.2. The fraction of sp³-hybridized carbons (Fsp3) is 0.364. The molecule has 0 aromatic carbocycles. The standard InChI is InChI=1S/C11H12BrNOS2/c1-7(5-14-2)11-13-9(6-16-11)10-8(12)3-4-15-10/h3-4,6-7H,5H2,1-2H3. The predicted octanol–water partition coefficient (Wildman–Crippen LogP) is 4.38. The summed E-state index contributed by atoms with van der Waals surface area (Å²) in [6, 6.07) is 2.05. The van der Waals surface area contributed by atoms with Crippen LogP contribution in [0.4, 0.5) is 0 Å². The van der Waals surface area contributed by atoms with Crippen molar-refractivity contribution in [2.45, 2.75) is 12.8 Å². The van der Waals surface area contributed by atoms with Crippen molar-refractivity contribution in [3.8, 4) is 10.6 Å². The molecule has 1 unspecified atom stereocenters. The Bertz CT molecular complexity index is 466. The molecule has 0 amide bonds. The summed E-state index contributed by atoms with van der Waals surface area (Å²) in [4.78, 5) is 5.85. The summed E-state index contributed by atoms with van der Waals surface area (Å²) in [7, 11) is 1.72. The minimum absolute atomic E-state index is 0.363. The van der Waals surface area contributed by atoms with Crippen LogP contribution in [-0.2, 0) is 4.74 Å². The van der Waals surface area contributed by atoms with Crippen molar-refractivity contribution in [2.24, 2.45) is 0 Å². The topological polar surface area (TPSA) is 22.1 Å². The maximum Gasteiger partial charge on any atom is 0.0984 e. The van der Waals surface area contributed by atoms with E-state index in [4.69, 9.17) is 4.74 Å². The van der Waals surface area contributed by atoms with Crippen LogP contribution in [0, 0.1) is 0 Å². The lowest BCUT2D eigenvalue weighted by molar-refractivity contribution is 0.184. The van der Waals surface area contributed by atoms with Gasteiger partial charge < -0.3 is 4.74 Å². The number of thiophene rings is 1. The Morgan fingerprint density at radius 3 is 2.94 bits per heavy atom. The maximum atomic E-state index is 5.14. The van der Waals surface area contributed by atoms with Crippen molar-refractivity contribution in [3.63, 3.8) is 0 Å². The smallest absolute Gasteiger partial charge is 0.0984 e. The second-order valence-corrected chi connectivity index (χ2v) is 6.19. The normalized spacial score (nSPS) is 12.9. The van der Waals surface area contributed by atoms with E-state index in [0.29, 0.717) is 5.92 Å². The van der Waals surface area contributed by atoms with Gasteiger partial charge in [0.1, 0.15) is 0 Å². The molecule has 2 nitrogen and oxygen atoms in total. The van der Waals surface area contributed by atoms with Gasteiger partial charge in [-0.15, -0.1) is 22.7 Å². The SMILES string of the molecule is COCC(C)c1nc(-c2sccc2Br)cs1. The summed E-state index contributed by atoms with van der Waals surface area (Å²) in [5, 5.41) is 5.31. The van der Waals surface area contributed by atoms with E-state index >= 15 is 0 Å². The number of nitrogens with zero attached hydrogens (tertiary/aromatic N) is 1. The molecule has 0 saturated heterocycles. The number of ether oxygens (including phenoxy) is 1. The van der Waals surface area contributed by atoms with Crippen LogP contribution in [0.1, 0.15) is 17.8 Å². The average Bonchev–Trinajstić information content (AvgIpc) is 2.86. The van der Waals surface area contributed by atoms with Gasteiger partial charge in [0.15, 0.2) is 0 Å². The molecule has 16 heavy (non-hydrogen) atoms. The predicted molar refractivity (Wildman–Crippen MR) is 73.4 cm³/mol. The Balaban J connectivity index is 2.23. The van der Waals surface area contributed by atoms with Crippen molar-refractivity contribution in [1.82, 2.24) is 4.98 Å². The largest absolute Gasteiger partial charge is 0.384 e. The van der Waals surface area contributed by atoms with Gasteiger partial charge in [-0.05, 0) is 27.4 Å². The zero-order chi connectivity index (χ0) is 11.5. The zero-order valence-corrected chi connectivity index (χ0v) is 12.3. The van der Waals surface area contributed by atoms with Crippen LogP contribution in [-0.4, -0.2) is 18.7 Å². The van der Waals surface area contributed by atoms with E-state index in [2.05, 4.69) is 44.7 Å². The van der Waals surface area contributed by atoms with Crippen LogP contribution in [0.3, 0.4) is 0 Å². The van der Waals surface area contributed by atoms with Gasteiger partial charge in [-0.2, -0.15) is 0 Å². The van der Waals surface area contributed by atoms with Crippen molar-refractivity contribution in [3.05, 3.63) is 26.3 Å². The van der Waals surface area contributed by atoms with Gasteiger partial charge in [-0.25, -0.2) is 4.98 Å². The van der Waals surface area contributed by atoms with E-state index in [1.165, 1.54) is 4.88 Å². The molecule has 1 atom stereocenters. The minimum Gasteiger partial charge on any atom is -0.384 e. The van der Waals surface area contributed by atoms with E-state index in [-0.39, 0.29) is 0 Å². The second-order valence-electron chi connectivity index (χ2n) is 3.53. The highest BCUT2D eigenvalue weighted by Crippen LogP contribution is 2.35. The Morgan fingerprint density at radius 2 is 2.31 bits per heavy atom. The van der Waals surface area contributed by atoms with Crippen molar-refractivity contribution in [1.29, 1.82) is 0 Å². The minimum atomic E-state index is 0.363. The maximum absolute atomic E-state index is 5.14. The number of rotatable bonds is 4. The Morgan fingerprint density at radius 1 is 1.50 bits per heavy atom. The molecule has 0 aliphatic carbocycles. The van der Waals surface area contributed by atoms with Gasteiger partial charge in [-0.1, -0.05) is 6.92 Å². The number of hydrogen-bond acceptors (Lipinski definition) is 4. The molecule has 86 valence electrons. The molecule has 0 radical (unpaired) electrons. The van der Waals surface area contributed by atoms with Crippen LogP contribution < -0.4 is 0 Å². The molecule has 0 saturated carbocycles. The van der Waals surface area contributed by atoms with Crippen molar-refractivity contribution in [2.75, 3.05) is 13.7 Å². The van der Waals surface area contributed by atoms with Crippen molar-refractivity contribution < 1.29 is 4.74 Å². The lowest BCUT2D eigenvalue weighted by atomic mass is 10.2. The summed E-state index contributed by atoms with van der Waals surface area (Å²) >= 11 is 6.94. The molecule has 2 rings (SSSR count). The molecule has 2 aromatic rings. The number of halogens is 1. The fourth-order valence-electron chi connectivity index (χ4n) is 1.42. The van der Waals surface area contributed by atoms with E-state index in [1.54, 1.807) is 29.8 Å². The third-order valence-corrected chi connectivity index (χ3v) is 5.15. The summed E-state index contributed by atoms with van der Waals surface area (Å²) in [6.07, 6.45) is 0. The van der Waals surface area contributed by atoms with E-state index in [0.717, 1.165) is 21.8 Å². The molecule has 0 bridgehead atoms. The first-order valence-corrected chi connectivity index (χ1v) is 7.45. The molecule has 0 N–H and O–H groups in total. The monoisotopic (exact) mass is 317 g/mol. The van der Waals surface area contributed by atoms with Gasteiger partial charge in [0.2, 0.25) is 0 Å². The van der Waals surface area contributed by atoms with Crippen LogP contribution in [0.25, 0.3) is 10.6 Å². The summed E-state index contributed by atoms with van der Waals surface area (Å²) in [5.74, 6) is 0.363. The highest BCUT2D eigenvalue weighted by molar-refractivity contribution is 9.10. The molecule has 0 aliphatic heterocycles. The average molecular weight is 318 g/mol. The number of methoxy groups -OCH3 is 1. The van der Waals surface area contributed by atoms with E-state index in [9.17, 15) is 0 Å². The molecule has 2 aromatic heterocycles. The first-order valence-electron chi connectivity index (χ1n) is 4.90. The van der Waals surface area contributed by atoms with E-state index < -0.39 is 0 Å². The highest BCUT2D eigenvalue weighted by Gasteiger charge is 2.13. The Labute approximate surface area is 111 Å². The van der Waals surface area contributed by atoms with Crippen LogP contribution in [0.15, 0.2) is 21.3 Å². The van der Waals surface area contributed by atoms with Gasteiger partial charge in [0, 0.05) is 22.9 Å². The molecule has 2 heterocycles. The molecular formula is C11H12BrNOS2. The van der Waals surface area contributed by atoms with Gasteiger partial charge in [0.05, 0.1) is 22.2 Å². The highest BCUT2D eigenvalue weighted by atomic mass is 79.9. The molecule has 0 fully saturated rings. The van der Waals surface area contributed by atoms with Crippen LogP contribution in [0.2, 0.25) is 0 Å². The van der Waals surface area contributed by atoms with Crippen LogP contribution >= 0.6 is 38.6 Å². The third-order valence-electron chi connectivity index (χ3n) is 2.21. The Kier molecular flexibility index (Phi) is 4.13. The lowest BCUT2D eigenvalue weighted by Crippen LogP contribution is -2.00. The molecule has 0 spiro atoms. The fourth-order valence-corrected chi connectivity index (χ4v) is 3.88. The summed E-state index contributed by atoms with van der Waals surface area (Å²) in [6.45, 7) is 2.86. The quantitative estimate of drug-likeness (QED) is 0.834. The molecule has 5 heteroatoms. The first-order chi connectivity index (χ1) is 7.72. The second kappa shape index (κ2) is 5.40.